The Morgan fingerprint density at radius 1 is 1.08 bits per heavy atom. The minimum Gasteiger partial charge on any atom is -0.395 e. The summed E-state index contributed by atoms with van der Waals surface area (Å²) < 4.78 is 0. The lowest BCUT2D eigenvalue weighted by molar-refractivity contribution is -0.149. The van der Waals surface area contributed by atoms with Gasteiger partial charge >= 0.3 is 6.03 Å². The van der Waals surface area contributed by atoms with Crippen LogP contribution in [-0.4, -0.2) is 82.6 Å². The fourth-order valence-corrected chi connectivity index (χ4v) is 3.37. The molecule has 2 fully saturated rings. The van der Waals surface area contributed by atoms with Crippen molar-refractivity contribution in [3.63, 3.8) is 0 Å². The molecule has 0 atom stereocenters. The van der Waals surface area contributed by atoms with E-state index in [4.69, 9.17) is 5.11 Å². The second kappa shape index (κ2) is 7.26. The molecule has 1 aromatic rings. The molecule has 2 saturated heterocycles. The van der Waals surface area contributed by atoms with Gasteiger partial charge in [0, 0.05) is 51.0 Å². The lowest BCUT2D eigenvalue weighted by atomic mass is 9.86. The van der Waals surface area contributed by atoms with Crippen LogP contribution in [0.15, 0.2) is 24.4 Å². The summed E-state index contributed by atoms with van der Waals surface area (Å²) in [5.41, 5.74) is -0.909. The summed E-state index contributed by atoms with van der Waals surface area (Å²) in [5, 5.41) is 13.5. The molecule has 3 N–H and O–H groups in total. The number of β-amino-alcohol motifs (C(OH)–C–C–N with tert-alkyl or cyclic N) is 1. The summed E-state index contributed by atoms with van der Waals surface area (Å²) in [4.78, 5) is 45.1. The van der Waals surface area contributed by atoms with Crippen LogP contribution < -0.4 is 10.6 Å². The summed E-state index contributed by atoms with van der Waals surface area (Å²) in [5.74, 6) is -1.25. The number of carbonyl (C=O) groups excluding carboxylic acids is 3. The van der Waals surface area contributed by atoms with Gasteiger partial charge in [0.1, 0.15) is 0 Å². The Kier molecular flexibility index (Phi) is 5.07. The highest BCUT2D eigenvalue weighted by atomic mass is 16.3. The molecule has 0 unspecified atom stereocenters. The van der Waals surface area contributed by atoms with Crippen molar-refractivity contribution in [2.75, 3.05) is 39.3 Å². The molecule has 9 nitrogen and oxygen atoms in total. The first-order valence-electron chi connectivity index (χ1n) is 8.21. The molecule has 4 amide bonds. The van der Waals surface area contributed by atoms with E-state index in [9.17, 15) is 14.4 Å². The number of imide groups is 2. The average molecular weight is 347 g/mol. The first kappa shape index (κ1) is 17.5. The fraction of sp³-hybridized carbons (Fsp3) is 0.500. The van der Waals surface area contributed by atoms with Gasteiger partial charge in [-0.2, -0.15) is 0 Å². The van der Waals surface area contributed by atoms with E-state index < -0.39 is 23.4 Å². The summed E-state index contributed by atoms with van der Waals surface area (Å²) in [6.45, 7) is 2.81. The zero-order valence-corrected chi connectivity index (χ0v) is 13.8. The number of pyridine rings is 1. The topological polar surface area (TPSA) is 115 Å². The summed E-state index contributed by atoms with van der Waals surface area (Å²) in [6, 6.07) is 4.50. The Labute approximate surface area is 145 Å². The number of piperazine rings is 1. The average Bonchev–Trinajstić information content (AvgIpc) is 2.60. The van der Waals surface area contributed by atoms with Crippen molar-refractivity contribution in [2.24, 2.45) is 0 Å². The van der Waals surface area contributed by atoms with Crippen LogP contribution in [0, 0.1) is 0 Å². The van der Waals surface area contributed by atoms with Gasteiger partial charge in [0.05, 0.1) is 6.61 Å². The summed E-state index contributed by atoms with van der Waals surface area (Å²) in [7, 11) is 0. The molecule has 0 saturated carbocycles. The van der Waals surface area contributed by atoms with Crippen molar-refractivity contribution in [3.8, 4) is 0 Å². The quantitative estimate of drug-likeness (QED) is 0.546. The van der Waals surface area contributed by atoms with E-state index in [0.29, 0.717) is 38.4 Å². The van der Waals surface area contributed by atoms with E-state index in [1.165, 1.54) is 0 Å². The van der Waals surface area contributed by atoms with Crippen LogP contribution in [-0.2, 0) is 16.0 Å². The smallest absolute Gasteiger partial charge is 0.328 e. The Bertz CT molecular complexity index is 638. The second-order valence-electron chi connectivity index (χ2n) is 6.15. The number of nitrogens with zero attached hydrogens (tertiary/aromatic N) is 3. The number of hydrogen-bond donors (Lipinski definition) is 3. The van der Waals surface area contributed by atoms with Crippen LogP contribution >= 0.6 is 0 Å². The third kappa shape index (κ3) is 3.39. The van der Waals surface area contributed by atoms with Crippen molar-refractivity contribution in [3.05, 3.63) is 30.1 Å². The van der Waals surface area contributed by atoms with Crippen LogP contribution in [0.3, 0.4) is 0 Å². The Morgan fingerprint density at radius 2 is 1.76 bits per heavy atom. The molecule has 0 bridgehead atoms. The van der Waals surface area contributed by atoms with Crippen molar-refractivity contribution < 1.29 is 19.5 Å². The van der Waals surface area contributed by atoms with Crippen LogP contribution in [0.25, 0.3) is 0 Å². The van der Waals surface area contributed by atoms with Crippen LogP contribution in [0.4, 0.5) is 4.79 Å². The predicted molar refractivity (Wildman–Crippen MR) is 87.5 cm³/mol. The van der Waals surface area contributed by atoms with Crippen molar-refractivity contribution in [1.29, 1.82) is 0 Å². The van der Waals surface area contributed by atoms with Crippen LogP contribution in [0.5, 0.6) is 0 Å². The number of aliphatic hydroxyl groups is 1. The molecule has 2 aliphatic rings. The molecule has 2 aliphatic heterocycles. The van der Waals surface area contributed by atoms with E-state index >= 15 is 0 Å². The van der Waals surface area contributed by atoms with E-state index in [1.54, 1.807) is 29.3 Å². The van der Waals surface area contributed by atoms with Gasteiger partial charge in [-0.1, -0.05) is 6.07 Å². The van der Waals surface area contributed by atoms with Crippen molar-refractivity contribution >= 4 is 17.8 Å². The third-order valence-corrected chi connectivity index (χ3v) is 4.70. The van der Waals surface area contributed by atoms with E-state index in [2.05, 4.69) is 20.5 Å². The third-order valence-electron chi connectivity index (χ3n) is 4.70. The molecule has 1 aromatic heterocycles. The van der Waals surface area contributed by atoms with Gasteiger partial charge in [0.25, 0.3) is 11.8 Å². The number of urea groups is 1. The maximum atomic E-state index is 12.7. The minimum absolute atomic E-state index is 0.0640. The number of amides is 4. The van der Waals surface area contributed by atoms with Gasteiger partial charge in [0.15, 0.2) is 5.54 Å². The van der Waals surface area contributed by atoms with Gasteiger partial charge in [-0.25, -0.2) is 4.79 Å². The zero-order valence-electron chi connectivity index (χ0n) is 13.8. The molecule has 9 heteroatoms. The number of barbiturate groups is 1. The van der Waals surface area contributed by atoms with E-state index in [0.717, 1.165) is 0 Å². The largest absolute Gasteiger partial charge is 0.395 e. The highest BCUT2D eigenvalue weighted by molar-refractivity contribution is 6.22. The first-order valence-corrected chi connectivity index (χ1v) is 8.21. The molecule has 0 aromatic carbocycles. The lowest BCUT2D eigenvalue weighted by Gasteiger charge is -2.46. The second-order valence-corrected chi connectivity index (χ2v) is 6.15. The molecule has 25 heavy (non-hydrogen) atoms. The van der Waals surface area contributed by atoms with Crippen LogP contribution in [0.1, 0.15) is 5.69 Å². The normalized spacial score (nSPS) is 21.7. The minimum atomic E-state index is -1.51. The molecule has 3 heterocycles. The summed E-state index contributed by atoms with van der Waals surface area (Å²) in [6.07, 6.45) is 1.69. The van der Waals surface area contributed by atoms with Gasteiger partial charge < -0.3 is 5.11 Å². The molecule has 0 spiro atoms. The van der Waals surface area contributed by atoms with Gasteiger partial charge in [-0.05, 0) is 12.1 Å². The molecule has 134 valence electrons. The first-order chi connectivity index (χ1) is 12.1. The number of rotatable bonds is 5. The molecule has 0 aliphatic carbocycles. The van der Waals surface area contributed by atoms with Crippen molar-refractivity contribution in [1.82, 2.24) is 25.4 Å². The Hall–Kier alpha value is -2.36. The maximum Gasteiger partial charge on any atom is 0.328 e. The predicted octanol–water partition coefficient (Wildman–Crippen LogP) is -1.66. The Balaban J connectivity index is 1.88. The van der Waals surface area contributed by atoms with E-state index in [1.807, 2.05) is 0 Å². The van der Waals surface area contributed by atoms with Gasteiger partial charge in [-0.3, -0.25) is 35.0 Å². The number of nitrogens with one attached hydrogen (secondary N) is 2. The highest BCUT2D eigenvalue weighted by Crippen LogP contribution is 2.25. The standard InChI is InChI=1S/C16H21N5O4/c22-10-9-20-5-7-21(8-6-20)16(11-12-3-1-2-4-17-12)13(23)18-15(25)19-14(16)24/h1-4,22H,5-11H2,(H2,18,19,23,24,25). The highest BCUT2D eigenvalue weighted by Gasteiger charge is 2.55. The lowest BCUT2D eigenvalue weighted by Crippen LogP contribution is -2.75. The maximum absolute atomic E-state index is 12.7. The number of aromatic nitrogens is 1. The SMILES string of the molecule is O=C1NC(=O)C(Cc2ccccn2)(N2CCN(CCO)CC2)C(=O)N1. The van der Waals surface area contributed by atoms with E-state index in [-0.39, 0.29) is 13.0 Å². The summed E-state index contributed by atoms with van der Waals surface area (Å²) >= 11 is 0. The number of carbonyl (C=O) groups is 3. The fourth-order valence-electron chi connectivity index (χ4n) is 3.37. The monoisotopic (exact) mass is 347 g/mol. The number of aliphatic hydroxyl groups excluding tert-OH is 1. The Morgan fingerprint density at radius 3 is 2.32 bits per heavy atom. The molecular weight excluding hydrogens is 326 g/mol. The molecule has 3 rings (SSSR count). The molecular formula is C16H21N5O4. The van der Waals surface area contributed by atoms with Gasteiger partial charge in [-0.15, -0.1) is 0 Å². The number of hydrogen-bond acceptors (Lipinski definition) is 7. The van der Waals surface area contributed by atoms with Gasteiger partial charge in [0.2, 0.25) is 0 Å². The van der Waals surface area contributed by atoms with Crippen LogP contribution in [0.2, 0.25) is 0 Å². The molecule has 0 radical (unpaired) electrons. The van der Waals surface area contributed by atoms with Crippen molar-refractivity contribution in [2.45, 2.75) is 12.0 Å². The zero-order chi connectivity index (χ0) is 17.9.